The van der Waals surface area contributed by atoms with Crippen LogP contribution in [0.2, 0.25) is 0 Å². The molecule has 2 rings (SSSR count). The van der Waals surface area contributed by atoms with E-state index in [-0.39, 0.29) is 11.3 Å². The van der Waals surface area contributed by atoms with Crippen LogP contribution in [0.1, 0.15) is 15.9 Å². The summed E-state index contributed by atoms with van der Waals surface area (Å²) in [6, 6.07) is 10.9. The molecule has 0 aliphatic heterocycles. The first-order valence-electron chi connectivity index (χ1n) is 6.30. The Bertz CT molecular complexity index is 695. The molecule has 0 saturated heterocycles. The molecule has 0 saturated carbocycles. The van der Waals surface area contributed by atoms with Gasteiger partial charge in [-0.2, -0.15) is 5.10 Å². The minimum Gasteiger partial charge on any atom is -0.545 e. The van der Waals surface area contributed by atoms with Gasteiger partial charge in [0, 0.05) is 0 Å². The number of ether oxygens (including phenoxy) is 1. The predicted molar refractivity (Wildman–Crippen MR) is 75.1 cm³/mol. The van der Waals surface area contributed by atoms with Gasteiger partial charge in [-0.25, -0.2) is 0 Å². The van der Waals surface area contributed by atoms with Crippen LogP contribution in [0.5, 0.6) is 5.75 Å². The smallest absolute Gasteiger partial charge is 0.545 e. The number of alkyl halides is 3. The molecule has 23 heavy (non-hydrogen) atoms. The number of hydrogen-bond donors (Lipinski definition) is 1. The lowest BCUT2D eigenvalue weighted by Crippen LogP contribution is -2.21. The molecule has 0 aliphatic carbocycles. The molecule has 8 heteroatoms. The Balaban J connectivity index is 1.94. The van der Waals surface area contributed by atoms with Crippen molar-refractivity contribution in [1.82, 2.24) is 0 Å². The summed E-state index contributed by atoms with van der Waals surface area (Å²) in [5.74, 6) is -1.60. The highest BCUT2D eigenvalue weighted by Gasteiger charge is 2.30. The van der Waals surface area contributed by atoms with Crippen LogP contribution >= 0.6 is 0 Å². The molecule has 0 radical (unpaired) electrons. The van der Waals surface area contributed by atoms with E-state index in [1.165, 1.54) is 54.7 Å². The topological polar surface area (TPSA) is 73.8 Å². The van der Waals surface area contributed by atoms with Gasteiger partial charge < -0.3 is 14.6 Å². The highest BCUT2D eigenvalue weighted by atomic mass is 19.4. The molecule has 2 aromatic carbocycles. The summed E-state index contributed by atoms with van der Waals surface area (Å²) < 4.78 is 39.8. The Labute approximate surface area is 129 Å². The fraction of sp³-hybridized carbons (Fsp3) is 0.0667. The van der Waals surface area contributed by atoms with E-state index in [0.29, 0.717) is 11.3 Å². The molecule has 0 bridgehead atoms. The van der Waals surface area contributed by atoms with E-state index in [1.807, 2.05) is 0 Å². The van der Waals surface area contributed by atoms with Crippen LogP contribution in [0.15, 0.2) is 53.6 Å². The molecule has 0 spiro atoms. The number of aromatic carboxylic acids is 1. The minimum atomic E-state index is -4.73. The number of halogens is 3. The normalized spacial score (nSPS) is 11.4. The van der Waals surface area contributed by atoms with Crippen molar-refractivity contribution in [1.29, 1.82) is 0 Å². The number of nitrogens with one attached hydrogen (secondary N) is 1. The molecule has 0 atom stereocenters. The van der Waals surface area contributed by atoms with Gasteiger partial charge in [-0.1, -0.05) is 12.1 Å². The van der Waals surface area contributed by atoms with Crippen LogP contribution in [0.25, 0.3) is 0 Å². The highest BCUT2D eigenvalue weighted by Crippen LogP contribution is 2.22. The Morgan fingerprint density at radius 2 is 1.70 bits per heavy atom. The zero-order valence-electron chi connectivity index (χ0n) is 11.5. The number of carboxylic acid groups (broad SMARTS) is 1. The summed E-state index contributed by atoms with van der Waals surface area (Å²) in [5, 5.41) is 14.5. The zero-order valence-corrected chi connectivity index (χ0v) is 11.5. The van der Waals surface area contributed by atoms with Crippen LogP contribution in [0.3, 0.4) is 0 Å². The first-order valence-corrected chi connectivity index (χ1v) is 6.30. The molecule has 0 unspecified atom stereocenters. The standard InChI is InChI=1S/C15H11F3N2O3/c16-15(17,18)23-13-7-1-10(2-8-13)9-19-20-12-5-3-11(4-6-12)14(21)22/h1-9,20H,(H,21,22)/p-1/b19-9-. The second kappa shape index (κ2) is 6.82. The quantitative estimate of drug-likeness (QED) is 0.677. The van der Waals surface area contributed by atoms with Gasteiger partial charge in [0.15, 0.2) is 0 Å². The molecule has 0 aromatic heterocycles. The van der Waals surface area contributed by atoms with Crippen molar-refractivity contribution in [2.75, 3.05) is 5.43 Å². The number of carbonyl (C=O) groups excluding carboxylic acids is 1. The van der Waals surface area contributed by atoms with Crippen molar-refractivity contribution >= 4 is 17.9 Å². The lowest BCUT2D eigenvalue weighted by atomic mass is 10.2. The van der Waals surface area contributed by atoms with Gasteiger partial charge >= 0.3 is 6.36 Å². The fourth-order valence-corrected chi connectivity index (χ4v) is 1.62. The van der Waals surface area contributed by atoms with Gasteiger partial charge in [0.1, 0.15) is 5.75 Å². The molecular weight excluding hydrogens is 313 g/mol. The molecule has 0 amide bonds. The fourth-order valence-electron chi connectivity index (χ4n) is 1.62. The number of hydrogen-bond acceptors (Lipinski definition) is 5. The van der Waals surface area contributed by atoms with E-state index in [4.69, 9.17) is 0 Å². The summed E-state index contributed by atoms with van der Waals surface area (Å²) in [6.07, 6.45) is -3.33. The molecule has 0 aliphatic rings. The molecule has 0 heterocycles. The zero-order chi connectivity index (χ0) is 16.9. The first kappa shape index (κ1) is 16.3. The van der Waals surface area contributed by atoms with Crippen molar-refractivity contribution in [3.63, 3.8) is 0 Å². The van der Waals surface area contributed by atoms with E-state index < -0.39 is 12.3 Å². The molecule has 5 nitrogen and oxygen atoms in total. The van der Waals surface area contributed by atoms with E-state index in [9.17, 15) is 23.1 Å². The number of benzene rings is 2. The third kappa shape index (κ3) is 5.34. The number of anilines is 1. The maximum atomic E-state index is 12.0. The van der Waals surface area contributed by atoms with Crippen molar-refractivity contribution < 1.29 is 27.8 Å². The van der Waals surface area contributed by atoms with Gasteiger partial charge in [0.25, 0.3) is 0 Å². The molecule has 1 N–H and O–H groups in total. The summed E-state index contributed by atoms with van der Waals surface area (Å²) >= 11 is 0. The van der Waals surface area contributed by atoms with E-state index in [2.05, 4.69) is 15.3 Å². The minimum absolute atomic E-state index is 0.0415. The Hall–Kier alpha value is -3.03. The van der Waals surface area contributed by atoms with Crippen LogP contribution in [-0.2, 0) is 0 Å². The van der Waals surface area contributed by atoms with E-state index in [1.54, 1.807) is 0 Å². The number of rotatable bonds is 5. The molecular formula is C15H10F3N2O3-. The van der Waals surface area contributed by atoms with Gasteiger partial charge in [0.05, 0.1) is 17.9 Å². The summed E-state index contributed by atoms with van der Waals surface area (Å²) in [6.45, 7) is 0. The number of carbonyl (C=O) groups is 1. The molecule has 120 valence electrons. The van der Waals surface area contributed by atoms with Crippen LogP contribution < -0.4 is 15.3 Å². The monoisotopic (exact) mass is 323 g/mol. The van der Waals surface area contributed by atoms with Gasteiger partial charge in [-0.15, -0.1) is 13.2 Å². The second-order valence-corrected chi connectivity index (χ2v) is 4.35. The number of carboxylic acids is 1. The van der Waals surface area contributed by atoms with E-state index in [0.717, 1.165) is 0 Å². The molecule has 0 fully saturated rings. The van der Waals surface area contributed by atoms with Crippen LogP contribution in [0.4, 0.5) is 18.9 Å². The summed E-state index contributed by atoms with van der Waals surface area (Å²) in [4.78, 5) is 10.6. The van der Waals surface area contributed by atoms with Crippen molar-refractivity contribution in [2.45, 2.75) is 6.36 Å². The maximum Gasteiger partial charge on any atom is 0.573 e. The third-order valence-corrected chi connectivity index (χ3v) is 2.64. The average molecular weight is 323 g/mol. The average Bonchev–Trinajstić information content (AvgIpc) is 2.48. The number of hydrazone groups is 1. The number of nitrogens with zero attached hydrogens (tertiary/aromatic N) is 1. The lowest BCUT2D eigenvalue weighted by Gasteiger charge is -2.08. The first-order chi connectivity index (χ1) is 10.8. The van der Waals surface area contributed by atoms with Crippen LogP contribution in [-0.4, -0.2) is 18.5 Å². The van der Waals surface area contributed by atoms with Crippen LogP contribution in [0, 0.1) is 0 Å². The third-order valence-electron chi connectivity index (χ3n) is 2.64. The molecule has 2 aromatic rings. The van der Waals surface area contributed by atoms with Gasteiger partial charge in [-0.05, 0) is 47.5 Å². The van der Waals surface area contributed by atoms with Crippen molar-refractivity contribution in [3.8, 4) is 5.75 Å². The highest BCUT2D eigenvalue weighted by molar-refractivity contribution is 5.86. The summed E-state index contributed by atoms with van der Waals surface area (Å²) in [5.41, 5.74) is 3.80. The predicted octanol–water partition coefficient (Wildman–Crippen LogP) is 2.39. The maximum absolute atomic E-state index is 12.0. The Kier molecular flexibility index (Phi) is 4.85. The summed E-state index contributed by atoms with van der Waals surface area (Å²) in [7, 11) is 0. The largest absolute Gasteiger partial charge is 0.573 e. The van der Waals surface area contributed by atoms with Gasteiger partial charge in [-0.3, -0.25) is 5.43 Å². The lowest BCUT2D eigenvalue weighted by molar-refractivity contribution is -0.274. The SMILES string of the molecule is O=C([O-])c1ccc(N/N=C\c2ccc(OC(F)(F)F)cc2)cc1. The van der Waals surface area contributed by atoms with E-state index >= 15 is 0 Å². The van der Waals surface area contributed by atoms with Gasteiger partial charge in [0.2, 0.25) is 0 Å². The second-order valence-electron chi connectivity index (χ2n) is 4.35. The van der Waals surface area contributed by atoms with Crippen molar-refractivity contribution in [3.05, 3.63) is 59.7 Å². The Morgan fingerprint density at radius 1 is 1.09 bits per heavy atom. The van der Waals surface area contributed by atoms with Crippen molar-refractivity contribution in [2.24, 2.45) is 5.10 Å². The Morgan fingerprint density at radius 3 is 2.22 bits per heavy atom.